The monoisotopic (exact) mass is 287 g/mol. The van der Waals surface area contributed by atoms with E-state index in [1.54, 1.807) is 18.0 Å². The molecular weight excluding hydrogens is 274 g/mol. The Balaban J connectivity index is 1.72. The van der Waals surface area contributed by atoms with Gasteiger partial charge in [0.1, 0.15) is 11.1 Å². The van der Waals surface area contributed by atoms with Crippen LogP contribution in [-0.2, 0) is 7.05 Å². The van der Waals surface area contributed by atoms with Gasteiger partial charge >= 0.3 is 0 Å². The van der Waals surface area contributed by atoms with Gasteiger partial charge in [0.05, 0.1) is 17.5 Å². The maximum Gasteiger partial charge on any atom is 0.212 e. The quantitative estimate of drug-likeness (QED) is 0.785. The highest BCUT2D eigenvalue weighted by atomic mass is 32.2. The SMILES string of the molecule is Cc1occc1-c1nnc2n1NC(c1cccn1C)S2. The fraction of sp³-hybridized carbons (Fsp3) is 0.231. The fourth-order valence-electron chi connectivity index (χ4n) is 2.38. The molecule has 4 heterocycles. The van der Waals surface area contributed by atoms with Crippen LogP contribution in [0.5, 0.6) is 0 Å². The summed E-state index contributed by atoms with van der Waals surface area (Å²) < 4.78 is 9.38. The molecule has 0 aliphatic carbocycles. The molecular formula is C13H13N5OS. The summed E-state index contributed by atoms with van der Waals surface area (Å²) in [5.41, 5.74) is 5.60. The molecule has 1 unspecified atom stereocenters. The minimum atomic E-state index is 0.145. The zero-order chi connectivity index (χ0) is 13.7. The second-order valence-electron chi connectivity index (χ2n) is 4.70. The number of thioether (sulfide) groups is 1. The summed E-state index contributed by atoms with van der Waals surface area (Å²) in [7, 11) is 2.04. The van der Waals surface area contributed by atoms with Gasteiger partial charge in [-0.05, 0) is 25.1 Å². The van der Waals surface area contributed by atoms with E-state index in [2.05, 4.69) is 26.3 Å². The molecule has 20 heavy (non-hydrogen) atoms. The molecule has 4 rings (SSSR count). The van der Waals surface area contributed by atoms with Crippen molar-refractivity contribution in [2.45, 2.75) is 17.5 Å². The van der Waals surface area contributed by atoms with Crippen molar-refractivity contribution in [1.29, 1.82) is 0 Å². The van der Waals surface area contributed by atoms with Gasteiger partial charge in [0.15, 0.2) is 5.82 Å². The van der Waals surface area contributed by atoms with Crippen molar-refractivity contribution in [3.63, 3.8) is 0 Å². The number of rotatable bonds is 2. The van der Waals surface area contributed by atoms with Crippen molar-refractivity contribution in [3.8, 4) is 11.4 Å². The minimum absolute atomic E-state index is 0.145. The van der Waals surface area contributed by atoms with Crippen LogP contribution in [0.1, 0.15) is 16.8 Å². The van der Waals surface area contributed by atoms with Gasteiger partial charge < -0.3 is 14.4 Å². The number of fused-ring (bicyclic) bond motifs is 1. The van der Waals surface area contributed by atoms with Crippen LogP contribution in [0.2, 0.25) is 0 Å². The molecule has 0 amide bonds. The number of aryl methyl sites for hydroxylation is 2. The normalized spacial score (nSPS) is 17.2. The van der Waals surface area contributed by atoms with Gasteiger partial charge in [0.2, 0.25) is 5.16 Å². The lowest BCUT2D eigenvalue weighted by molar-refractivity contribution is 0.535. The molecule has 102 valence electrons. The largest absolute Gasteiger partial charge is 0.469 e. The van der Waals surface area contributed by atoms with Gasteiger partial charge in [-0.3, -0.25) is 0 Å². The third-order valence-electron chi connectivity index (χ3n) is 3.46. The van der Waals surface area contributed by atoms with Crippen LogP contribution in [0.4, 0.5) is 0 Å². The first-order valence-corrected chi connectivity index (χ1v) is 7.16. The Morgan fingerprint density at radius 3 is 2.95 bits per heavy atom. The van der Waals surface area contributed by atoms with Gasteiger partial charge in [-0.15, -0.1) is 10.2 Å². The molecule has 0 radical (unpaired) electrons. The molecule has 0 fully saturated rings. The molecule has 3 aromatic rings. The first-order valence-electron chi connectivity index (χ1n) is 6.28. The van der Waals surface area contributed by atoms with Crippen molar-refractivity contribution in [1.82, 2.24) is 19.4 Å². The summed E-state index contributed by atoms with van der Waals surface area (Å²) in [6.07, 6.45) is 3.71. The first-order chi connectivity index (χ1) is 9.74. The van der Waals surface area contributed by atoms with Crippen LogP contribution in [-0.4, -0.2) is 19.4 Å². The van der Waals surface area contributed by atoms with Crippen molar-refractivity contribution in [3.05, 3.63) is 42.1 Å². The number of nitrogens with zero attached hydrogens (tertiary/aromatic N) is 4. The number of furan rings is 1. The molecule has 6 nitrogen and oxygen atoms in total. The third kappa shape index (κ3) is 1.59. The lowest BCUT2D eigenvalue weighted by Gasteiger charge is -2.12. The van der Waals surface area contributed by atoms with Crippen molar-refractivity contribution < 1.29 is 4.42 Å². The van der Waals surface area contributed by atoms with Gasteiger partial charge in [0, 0.05) is 13.2 Å². The summed E-state index contributed by atoms with van der Waals surface area (Å²) in [6.45, 7) is 1.92. The topological polar surface area (TPSA) is 60.8 Å². The van der Waals surface area contributed by atoms with Crippen molar-refractivity contribution in [2.24, 2.45) is 7.05 Å². The number of aromatic nitrogens is 4. The maximum atomic E-state index is 5.35. The molecule has 0 aromatic carbocycles. The Morgan fingerprint density at radius 2 is 2.25 bits per heavy atom. The Bertz CT molecular complexity index is 771. The van der Waals surface area contributed by atoms with Crippen LogP contribution < -0.4 is 5.43 Å². The van der Waals surface area contributed by atoms with E-state index in [-0.39, 0.29) is 5.37 Å². The van der Waals surface area contributed by atoms with E-state index in [1.165, 1.54) is 5.69 Å². The van der Waals surface area contributed by atoms with E-state index >= 15 is 0 Å². The third-order valence-corrected chi connectivity index (χ3v) is 4.51. The molecule has 0 bridgehead atoms. The molecule has 0 saturated heterocycles. The molecule has 1 aliphatic rings. The van der Waals surface area contributed by atoms with Gasteiger partial charge in [-0.1, -0.05) is 11.8 Å². The van der Waals surface area contributed by atoms with Gasteiger partial charge in [0.25, 0.3) is 0 Å². The van der Waals surface area contributed by atoms with Gasteiger partial charge in [-0.25, -0.2) is 4.68 Å². The standard InChI is InChI=1S/C13H13N5OS/c1-8-9(5-7-19-8)11-14-15-13-18(11)16-12(20-13)10-4-3-6-17(10)2/h3-7,12,16H,1-2H3. The summed E-state index contributed by atoms with van der Waals surface area (Å²) in [5, 5.41) is 9.50. The van der Waals surface area contributed by atoms with Crippen LogP contribution in [0.3, 0.4) is 0 Å². The zero-order valence-electron chi connectivity index (χ0n) is 11.1. The van der Waals surface area contributed by atoms with Crippen molar-refractivity contribution in [2.75, 3.05) is 5.43 Å². The van der Waals surface area contributed by atoms with Crippen LogP contribution in [0.25, 0.3) is 11.4 Å². The number of hydrogen-bond acceptors (Lipinski definition) is 5. The summed E-state index contributed by atoms with van der Waals surface area (Å²) >= 11 is 1.66. The molecule has 0 saturated carbocycles. The number of nitrogens with one attached hydrogen (secondary N) is 1. The second kappa shape index (κ2) is 4.17. The minimum Gasteiger partial charge on any atom is -0.469 e. The van der Waals surface area contributed by atoms with Crippen LogP contribution in [0.15, 0.2) is 40.2 Å². The fourth-order valence-corrected chi connectivity index (χ4v) is 3.44. The predicted molar refractivity (Wildman–Crippen MR) is 75.8 cm³/mol. The number of hydrogen-bond donors (Lipinski definition) is 1. The summed E-state index contributed by atoms with van der Waals surface area (Å²) in [5.74, 6) is 1.63. The molecule has 1 aliphatic heterocycles. The lowest BCUT2D eigenvalue weighted by atomic mass is 10.2. The average molecular weight is 287 g/mol. The van der Waals surface area contributed by atoms with Gasteiger partial charge in [-0.2, -0.15) is 0 Å². The highest BCUT2D eigenvalue weighted by molar-refractivity contribution is 7.99. The van der Waals surface area contributed by atoms with E-state index in [9.17, 15) is 0 Å². The zero-order valence-corrected chi connectivity index (χ0v) is 11.9. The van der Waals surface area contributed by atoms with E-state index < -0.39 is 0 Å². The molecule has 1 atom stereocenters. The highest BCUT2D eigenvalue weighted by Crippen LogP contribution is 2.40. The summed E-state index contributed by atoms with van der Waals surface area (Å²) in [6, 6.07) is 6.06. The van der Waals surface area contributed by atoms with E-state index in [0.717, 1.165) is 22.3 Å². The molecule has 3 aromatic heterocycles. The highest BCUT2D eigenvalue weighted by Gasteiger charge is 2.30. The predicted octanol–water partition coefficient (Wildman–Crippen LogP) is 2.53. The smallest absolute Gasteiger partial charge is 0.212 e. The first kappa shape index (κ1) is 11.7. The Hall–Kier alpha value is -2.15. The van der Waals surface area contributed by atoms with E-state index in [0.29, 0.717) is 0 Å². The van der Waals surface area contributed by atoms with E-state index in [4.69, 9.17) is 4.42 Å². The molecule has 0 spiro atoms. The Morgan fingerprint density at radius 1 is 1.35 bits per heavy atom. The average Bonchev–Trinajstić information content (AvgIpc) is 3.12. The molecule has 1 N–H and O–H groups in total. The second-order valence-corrected chi connectivity index (χ2v) is 5.78. The van der Waals surface area contributed by atoms with E-state index in [1.807, 2.05) is 37.0 Å². The van der Waals surface area contributed by atoms with Crippen LogP contribution >= 0.6 is 11.8 Å². The maximum absolute atomic E-state index is 5.35. The van der Waals surface area contributed by atoms with Crippen LogP contribution in [0, 0.1) is 6.92 Å². The van der Waals surface area contributed by atoms with Crippen molar-refractivity contribution >= 4 is 11.8 Å². The molecule has 7 heteroatoms. The Labute approximate surface area is 119 Å². The lowest BCUT2D eigenvalue weighted by Crippen LogP contribution is -2.15. The summed E-state index contributed by atoms with van der Waals surface area (Å²) in [4.78, 5) is 0. The Kier molecular flexibility index (Phi) is 2.43.